The molecule has 0 amide bonds. The van der Waals surface area contributed by atoms with Gasteiger partial charge in [-0.15, -0.1) is 0 Å². The van der Waals surface area contributed by atoms with E-state index in [2.05, 4.69) is 5.32 Å². The van der Waals surface area contributed by atoms with Crippen molar-refractivity contribution in [1.29, 1.82) is 0 Å². The summed E-state index contributed by atoms with van der Waals surface area (Å²) >= 11 is 0. The van der Waals surface area contributed by atoms with Gasteiger partial charge in [0.05, 0.1) is 0 Å². The first-order valence-electron chi connectivity index (χ1n) is 5.68. The molecule has 0 aromatic carbocycles. The zero-order valence-electron chi connectivity index (χ0n) is 9.29. The monoisotopic (exact) mass is 209 g/mol. The molecule has 15 heavy (non-hydrogen) atoms. The minimum atomic E-state index is 0.605. The third kappa shape index (κ3) is 3.36. The van der Waals surface area contributed by atoms with Crippen LogP contribution in [0.15, 0.2) is 16.5 Å². The van der Waals surface area contributed by atoms with Crippen molar-refractivity contribution in [1.82, 2.24) is 5.32 Å². The Bertz CT molecular complexity index is 290. The van der Waals surface area contributed by atoms with Crippen molar-refractivity contribution >= 4 is 0 Å². The lowest BCUT2D eigenvalue weighted by atomic mass is 10.1. The van der Waals surface area contributed by atoms with Crippen LogP contribution in [-0.4, -0.2) is 19.7 Å². The molecular weight excluding hydrogens is 190 g/mol. The molecule has 0 bridgehead atoms. The van der Waals surface area contributed by atoms with Crippen LogP contribution in [0, 0.1) is 12.8 Å². The summed E-state index contributed by atoms with van der Waals surface area (Å²) in [6.45, 7) is 5.72. The second kappa shape index (κ2) is 5.33. The van der Waals surface area contributed by atoms with E-state index >= 15 is 0 Å². The van der Waals surface area contributed by atoms with Crippen LogP contribution in [0.2, 0.25) is 0 Å². The van der Waals surface area contributed by atoms with Crippen LogP contribution in [0.5, 0.6) is 0 Å². The number of nitrogens with one attached hydrogen (secondary N) is 1. The number of hydrogen-bond acceptors (Lipinski definition) is 3. The quantitative estimate of drug-likeness (QED) is 0.754. The molecule has 0 spiro atoms. The molecular formula is C12H19NO2. The predicted molar refractivity (Wildman–Crippen MR) is 58.7 cm³/mol. The zero-order chi connectivity index (χ0) is 10.5. The first-order chi connectivity index (χ1) is 7.34. The van der Waals surface area contributed by atoms with Crippen molar-refractivity contribution in [2.75, 3.05) is 19.7 Å². The maximum atomic E-state index is 5.57. The lowest BCUT2D eigenvalue weighted by Crippen LogP contribution is -2.10. The molecule has 0 saturated carbocycles. The minimum Gasteiger partial charge on any atom is -0.464 e. The topological polar surface area (TPSA) is 34.4 Å². The van der Waals surface area contributed by atoms with E-state index in [0.29, 0.717) is 6.61 Å². The van der Waals surface area contributed by atoms with E-state index in [9.17, 15) is 0 Å². The Morgan fingerprint density at radius 3 is 3.13 bits per heavy atom. The summed E-state index contributed by atoms with van der Waals surface area (Å²) in [6.07, 6.45) is 2.45. The van der Waals surface area contributed by atoms with Gasteiger partial charge in [-0.2, -0.15) is 0 Å². The number of hydrogen-bond donors (Lipinski definition) is 1. The standard InChI is InChI=1S/C12H19NO2/c1-10-2-3-12(15-10)9-14-7-5-11-4-6-13-8-11/h2-3,11,13H,4-9H2,1H3. The van der Waals surface area contributed by atoms with Crippen molar-refractivity contribution < 1.29 is 9.15 Å². The molecule has 1 aromatic heterocycles. The van der Waals surface area contributed by atoms with Crippen molar-refractivity contribution in [3.8, 4) is 0 Å². The van der Waals surface area contributed by atoms with Crippen molar-refractivity contribution in [2.24, 2.45) is 5.92 Å². The first-order valence-corrected chi connectivity index (χ1v) is 5.68. The number of furan rings is 1. The fourth-order valence-corrected chi connectivity index (χ4v) is 1.95. The molecule has 2 heterocycles. The van der Waals surface area contributed by atoms with Gasteiger partial charge in [0.2, 0.25) is 0 Å². The SMILES string of the molecule is Cc1ccc(COCCC2CCNC2)o1. The molecule has 1 saturated heterocycles. The molecule has 1 N–H and O–H groups in total. The Kier molecular flexibility index (Phi) is 3.80. The maximum absolute atomic E-state index is 5.57. The average Bonchev–Trinajstić information content (AvgIpc) is 2.84. The highest BCUT2D eigenvalue weighted by Crippen LogP contribution is 2.13. The van der Waals surface area contributed by atoms with E-state index in [1.54, 1.807) is 0 Å². The first kappa shape index (κ1) is 10.7. The molecule has 1 atom stereocenters. The Hall–Kier alpha value is -0.800. The highest BCUT2D eigenvalue weighted by molar-refractivity contribution is 5.04. The molecule has 1 fully saturated rings. The number of ether oxygens (including phenoxy) is 1. The van der Waals surface area contributed by atoms with Crippen LogP contribution in [0.25, 0.3) is 0 Å². The van der Waals surface area contributed by atoms with Gasteiger partial charge in [0.1, 0.15) is 18.1 Å². The summed E-state index contributed by atoms with van der Waals surface area (Å²) in [4.78, 5) is 0. The molecule has 1 unspecified atom stereocenters. The van der Waals surface area contributed by atoms with E-state index in [4.69, 9.17) is 9.15 Å². The van der Waals surface area contributed by atoms with Crippen molar-refractivity contribution in [3.63, 3.8) is 0 Å². The van der Waals surface area contributed by atoms with Crippen LogP contribution < -0.4 is 5.32 Å². The third-order valence-corrected chi connectivity index (χ3v) is 2.87. The number of aryl methyl sites for hydroxylation is 1. The molecule has 3 heteroatoms. The normalized spacial score (nSPS) is 21.0. The lowest BCUT2D eigenvalue weighted by Gasteiger charge is -2.07. The Morgan fingerprint density at radius 1 is 1.53 bits per heavy atom. The van der Waals surface area contributed by atoms with Crippen LogP contribution >= 0.6 is 0 Å². The van der Waals surface area contributed by atoms with Gasteiger partial charge in [-0.1, -0.05) is 0 Å². The molecule has 84 valence electrons. The van der Waals surface area contributed by atoms with E-state index < -0.39 is 0 Å². The van der Waals surface area contributed by atoms with Crippen LogP contribution in [0.4, 0.5) is 0 Å². The largest absolute Gasteiger partial charge is 0.464 e. The highest BCUT2D eigenvalue weighted by Gasteiger charge is 2.13. The number of rotatable bonds is 5. The Balaban J connectivity index is 1.58. The van der Waals surface area contributed by atoms with Gasteiger partial charge in [-0.3, -0.25) is 0 Å². The van der Waals surface area contributed by atoms with E-state index in [1.165, 1.54) is 13.0 Å². The highest BCUT2D eigenvalue weighted by atomic mass is 16.5. The average molecular weight is 209 g/mol. The molecule has 0 radical (unpaired) electrons. The molecule has 1 aliphatic rings. The van der Waals surface area contributed by atoms with Crippen LogP contribution in [0.3, 0.4) is 0 Å². The van der Waals surface area contributed by atoms with Gasteiger partial charge in [-0.05, 0) is 50.9 Å². The van der Waals surface area contributed by atoms with E-state index in [1.807, 2.05) is 19.1 Å². The van der Waals surface area contributed by atoms with Gasteiger partial charge in [0, 0.05) is 6.61 Å². The Labute approximate surface area is 90.8 Å². The molecule has 0 aliphatic carbocycles. The zero-order valence-corrected chi connectivity index (χ0v) is 9.29. The summed E-state index contributed by atoms with van der Waals surface area (Å²) in [5.74, 6) is 2.69. The van der Waals surface area contributed by atoms with Gasteiger partial charge in [0.25, 0.3) is 0 Å². The molecule has 1 aliphatic heterocycles. The summed E-state index contributed by atoms with van der Waals surface area (Å²) < 4.78 is 11.0. The summed E-state index contributed by atoms with van der Waals surface area (Å²) in [6, 6.07) is 3.95. The molecule has 2 rings (SSSR count). The van der Waals surface area contributed by atoms with Gasteiger partial charge in [-0.25, -0.2) is 0 Å². The summed E-state index contributed by atoms with van der Waals surface area (Å²) in [7, 11) is 0. The van der Waals surface area contributed by atoms with Gasteiger partial charge < -0.3 is 14.5 Å². The smallest absolute Gasteiger partial charge is 0.129 e. The molecule has 3 nitrogen and oxygen atoms in total. The van der Waals surface area contributed by atoms with Crippen molar-refractivity contribution in [3.05, 3.63) is 23.7 Å². The van der Waals surface area contributed by atoms with Gasteiger partial charge in [0.15, 0.2) is 0 Å². The summed E-state index contributed by atoms with van der Waals surface area (Å²) in [5, 5.41) is 3.36. The second-order valence-electron chi connectivity index (χ2n) is 4.21. The van der Waals surface area contributed by atoms with E-state index in [0.717, 1.165) is 37.0 Å². The van der Waals surface area contributed by atoms with Crippen molar-refractivity contribution in [2.45, 2.75) is 26.4 Å². The third-order valence-electron chi connectivity index (χ3n) is 2.87. The van der Waals surface area contributed by atoms with Gasteiger partial charge >= 0.3 is 0 Å². The second-order valence-corrected chi connectivity index (χ2v) is 4.21. The summed E-state index contributed by atoms with van der Waals surface area (Å²) in [5.41, 5.74) is 0. The van der Waals surface area contributed by atoms with Crippen LogP contribution in [0.1, 0.15) is 24.4 Å². The predicted octanol–water partition coefficient (Wildman–Crippen LogP) is 2.10. The fraction of sp³-hybridized carbons (Fsp3) is 0.667. The lowest BCUT2D eigenvalue weighted by molar-refractivity contribution is 0.0950. The maximum Gasteiger partial charge on any atom is 0.129 e. The van der Waals surface area contributed by atoms with Crippen LogP contribution in [-0.2, 0) is 11.3 Å². The fourth-order valence-electron chi connectivity index (χ4n) is 1.95. The van der Waals surface area contributed by atoms with E-state index in [-0.39, 0.29) is 0 Å². The minimum absolute atomic E-state index is 0.605. The molecule has 1 aromatic rings. The Morgan fingerprint density at radius 2 is 2.47 bits per heavy atom.